The predicted octanol–water partition coefficient (Wildman–Crippen LogP) is 0.866. The van der Waals surface area contributed by atoms with Gasteiger partial charge in [0.1, 0.15) is 30.0 Å². The van der Waals surface area contributed by atoms with Gasteiger partial charge in [0.15, 0.2) is 17.5 Å². The molecule has 3 aliphatic carbocycles. The van der Waals surface area contributed by atoms with Crippen LogP contribution in [0.25, 0.3) is 0 Å². The van der Waals surface area contributed by atoms with Crippen LogP contribution in [0.5, 0.6) is 0 Å². The molecule has 15 heteroatoms. The van der Waals surface area contributed by atoms with Gasteiger partial charge in [-0.1, -0.05) is 62.4 Å². The Balaban J connectivity index is 1.51. The molecule has 3 fully saturated rings. The summed E-state index contributed by atoms with van der Waals surface area (Å²) in [5.74, 6) is -5.19. The number of hydrogen-bond acceptors (Lipinski definition) is 14. The van der Waals surface area contributed by atoms with Crippen molar-refractivity contribution >= 4 is 37.3 Å². The molecule has 0 radical (unpaired) electrons. The van der Waals surface area contributed by atoms with Crippen LogP contribution in [0.2, 0.25) is 0 Å². The van der Waals surface area contributed by atoms with E-state index in [4.69, 9.17) is 18.9 Å². The van der Waals surface area contributed by atoms with Gasteiger partial charge in [0, 0.05) is 25.2 Å². The van der Waals surface area contributed by atoms with Crippen molar-refractivity contribution in [2.75, 3.05) is 6.61 Å². The highest BCUT2D eigenvalue weighted by Crippen LogP contribution is 2.64. The Hall–Kier alpha value is -4.25. The van der Waals surface area contributed by atoms with Gasteiger partial charge in [-0.3, -0.25) is 9.59 Å². The Kier molecular flexibility index (Phi) is 10.5. The van der Waals surface area contributed by atoms with Crippen molar-refractivity contribution in [3.05, 3.63) is 82.9 Å². The summed E-state index contributed by atoms with van der Waals surface area (Å²) >= 11 is 0. The maximum absolute atomic E-state index is 14.9. The number of hydrogen-bond donors (Lipinski definition) is 5. The molecule has 2 bridgehead atoms. The molecule has 4 aliphatic rings. The lowest BCUT2D eigenvalue weighted by molar-refractivity contribution is -0.346. The third-order valence-corrected chi connectivity index (χ3v) is 12.3. The molecule has 11 atom stereocenters. The second kappa shape index (κ2) is 14.4. The molecule has 14 nitrogen and oxygen atoms in total. The monoisotopic (exact) mass is 747 g/mol. The van der Waals surface area contributed by atoms with E-state index in [1.165, 1.54) is 26.0 Å². The van der Waals surface area contributed by atoms with Gasteiger partial charge in [0.2, 0.25) is 0 Å². The lowest BCUT2D eigenvalue weighted by atomic mass is 9.44. The van der Waals surface area contributed by atoms with Crippen molar-refractivity contribution < 1.29 is 63.3 Å². The fourth-order valence-electron chi connectivity index (χ4n) is 9.37. The first kappa shape index (κ1) is 39.4. The van der Waals surface area contributed by atoms with E-state index in [0.29, 0.717) is 11.7 Å². The number of ether oxygens (including phenoxy) is 4. The van der Waals surface area contributed by atoms with Crippen molar-refractivity contribution in [2.45, 2.75) is 101 Å². The van der Waals surface area contributed by atoms with Crippen LogP contribution in [0.1, 0.15) is 69.4 Å². The first-order valence-electron chi connectivity index (χ1n) is 18.0. The molecule has 6 rings (SSSR count). The number of benzene rings is 2. The third-order valence-electron chi connectivity index (χ3n) is 12.3. The van der Waals surface area contributed by atoms with Crippen LogP contribution in [0.3, 0.4) is 0 Å². The molecule has 0 aromatic heterocycles. The fraction of sp³-hybridized carbons (Fsp3) is 0.513. The molecule has 2 saturated carbocycles. The van der Waals surface area contributed by atoms with E-state index in [0.717, 1.165) is 6.92 Å². The van der Waals surface area contributed by atoms with Gasteiger partial charge in [0.25, 0.3) is 7.41 Å². The number of ketones is 1. The zero-order valence-corrected chi connectivity index (χ0v) is 30.8. The number of Topliss-reactive ketones (excluding diaryl/α,β-unsaturated/α-hetero) is 1. The van der Waals surface area contributed by atoms with Gasteiger partial charge in [-0.25, -0.2) is 9.59 Å². The molecule has 1 aliphatic heterocycles. The minimum absolute atomic E-state index is 0.0339. The van der Waals surface area contributed by atoms with Gasteiger partial charge in [0.05, 0.1) is 41.8 Å². The van der Waals surface area contributed by atoms with Gasteiger partial charge in [-0.15, -0.1) is 0 Å². The first-order chi connectivity index (χ1) is 25.5. The number of rotatable bonds is 10. The lowest BCUT2D eigenvalue weighted by Crippen LogP contribution is -2.81. The predicted molar refractivity (Wildman–Crippen MR) is 191 cm³/mol. The van der Waals surface area contributed by atoms with Crippen molar-refractivity contribution in [3.8, 4) is 0 Å². The summed E-state index contributed by atoms with van der Waals surface area (Å²) < 4.78 is 24.0. The van der Waals surface area contributed by atoms with Crippen LogP contribution in [0.15, 0.2) is 71.8 Å². The molecule has 5 N–H and O–H groups in total. The number of nitrogens with one attached hydrogen (secondary N) is 1. The summed E-state index contributed by atoms with van der Waals surface area (Å²) in [5, 5.41) is 51.4. The number of aliphatic hydroxyl groups is 4. The minimum atomic E-state index is -2.31. The number of esters is 3. The van der Waals surface area contributed by atoms with Gasteiger partial charge in [-0.05, 0) is 42.7 Å². The van der Waals surface area contributed by atoms with Crippen molar-refractivity contribution in [2.24, 2.45) is 16.7 Å². The molecule has 54 heavy (non-hydrogen) atoms. The molecule has 1 unspecified atom stereocenters. The highest BCUT2D eigenvalue weighted by atomic mass is 16.6. The maximum atomic E-state index is 14.9. The third kappa shape index (κ3) is 6.11. The lowest BCUT2D eigenvalue weighted by Gasteiger charge is -2.67. The largest absolute Gasteiger partial charge is 0.456 e. The average molecular weight is 748 g/mol. The van der Waals surface area contributed by atoms with Crippen molar-refractivity contribution in [1.29, 1.82) is 0 Å². The summed E-state index contributed by atoms with van der Waals surface area (Å²) in [5.41, 5.74) is -6.87. The SMILES string of the molecule is CC(=O)O[C@@]12CO[C@@H]1C[C@H](O)[C@@]1(C)C(=O)[C@H](O)C3=C(C)[C@@H](OC(=O)[C@H](O)[C@@H](NBC=O)c4ccccc4)C[C@@](O)([C@@H](OC(=O)c4ccccc4)C12)C3(C)C. The molecule has 2 aromatic rings. The second-order valence-electron chi connectivity index (χ2n) is 15.5. The zero-order valence-electron chi connectivity index (χ0n) is 30.8. The van der Waals surface area contributed by atoms with E-state index in [9.17, 15) is 44.4 Å². The Morgan fingerprint density at radius 3 is 2.22 bits per heavy atom. The number of fused-ring (bicyclic) bond motifs is 5. The standard InChI is InChI=1S/C39H46BNO13/c1-20-24(52-35(49)30(46)28(41-40-19-42)22-12-8-6-9-13-22)17-39(50)33(53-34(48)23-14-10-7-11-15-23)31-37(5,32(47)29(45)27(20)36(39,3)4)25(44)16-26-38(31,18-51-26)54-21(2)43/h6-15,19,24-26,28-31,33,40-41,44-46,50H,16-18H2,1-5H3/t24-,25-,26+,28-,29+,30+,31?,33-,37+,38-,39+/m0/s1. The topological polar surface area (TPSA) is 215 Å². The van der Waals surface area contributed by atoms with Crippen molar-refractivity contribution in [3.63, 3.8) is 0 Å². The Morgan fingerprint density at radius 1 is 1.02 bits per heavy atom. The zero-order chi connectivity index (χ0) is 39.4. The van der Waals surface area contributed by atoms with Crippen LogP contribution in [0.4, 0.5) is 0 Å². The Labute approximate surface area is 313 Å². The average Bonchev–Trinajstić information content (AvgIpc) is 3.13. The molecule has 288 valence electrons. The van der Waals surface area contributed by atoms with E-state index in [2.05, 4.69) is 5.23 Å². The normalized spacial score (nSPS) is 35.0. The molecular weight excluding hydrogens is 701 g/mol. The Morgan fingerprint density at radius 2 is 1.65 bits per heavy atom. The van der Waals surface area contributed by atoms with Gasteiger partial charge >= 0.3 is 17.9 Å². The summed E-state index contributed by atoms with van der Waals surface area (Å²) in [6, 6.07) is 15.2. The van der Waals surface area contributed by atoms with Crippen LogP contribution in [-0.4, -0.2) is 112 Å². The van der Waals surface area contributed by atoms with Crippen molar-refractivity contribution in [1.82, 2.24) is 5.23 Å². The van der Waals surface area contributed by atoms with Gasteiger partial charge in [-0.2, -0.15) is 0 Å². The minimum Gasteiger partial charge on any atom is -0.456 e. The maximum Gasteiger partial charge on any atom is 0.338 e. The van der Waals surface area contributed by atoms with E-state index < -0.39 is 101 Å². The second-order valence-corrected chi connectivity index (χ2v) is 15.5. The van der Waals surface area contributed by atoms with Gasteiger partial charge < -0.3 is 49.4 Å². The van der Waals surface area contributed by atoms with Crippen LogP contribution in [-0.2, 0) is 38.1 Å². The Bertz CT molecular complexity index is 1840. The summed E-state index contributed by atoms with van der Waals surface area (Å²) in [7, 11) is -0.200. The first-order valence-corrected chi connectivity index (χ1v) is 18.0. The van der Waals surface area contributed by atoms with Crippen LogP contribution in [0, 0.1) is 16.7 Å². The molecular formula is C39H46BNO13. The molecule has 1 heterocycles. The van der Waals surface area contributed by atoms with E-state index in [1.54, 1.807) is 62.4 Å². The summed E-state index contributed by atoms with van der Waals surface area (Å²) in [4.78, 5) is 66.8. The fourth-order valence-corrected chi connectivity index (χ4v) is 9.37. The molecule has 1 saturated heterocycles. The number of carbonyl (C=O) groups is 5. The molecule has 0 amide bonds. The van der Waals surface area contributed by atoms with E-state index >= 15 is 0 Å². The highest BCUT2D eigenvalue weighted by Gasteiger charge is 2.78. The van der Waals surface area contributed by atoms with E-state index in [-0.39, 0.29) is 37.2 Å². The summed E-state index contributed by atoms with van der Waals surface area (Å²) in [6.45, 7) is 6.93. The number of aliphatic hydroxyl groups excluding tert-OH is 3. The number of carbonyl (C=O) groups excluding carboxylic acids is 5. The smallest absolute Gasteiger partial charge is 0.338 e. The molecule has 0 spiro atoms. The summed E-state index contributed by atoms with van der Waals surface area (Å²) in [6.07, 6.45) is -9.58. The van der Waals surface area contributed by atoms with Crippen LogP contribution < -0.4 is 5.23 Å². The van der Waals surface area contributed by atoms with E-state index in [1.807, 2.05) is 0 Å². The molecule has 2 aromatic carbocycles. The quantitative estimate of drug-likeness (QED) is 0.0750. The van der Waals surface area contributed by atoms with Crippen LogP contribution >= 0.6 is 0 Å². The highest BCUT2D eigenvalue weighted by molar-refractivity contribution is 6.64.